The molecule has 188 valence electrons. The first-order valence-corrected chi connectivity index (χ1v) is 13.2. The lowest BCUT2D eigenvalue weighted by Gasteiger charge is -2.21. The minimum absolute atomic E-state index is 0.0579. The third kappa shape index (κ3) is 6.30. The van der Waals surface area contributed by atoms with E-state index in [9.17, 15) is 18.0 Å². The quantitative estimate of drug-likeness (QED) is 0.414. The van der Waals surface area contributed by atoms with Crippen molar-refractivity contribution < 1.29 is 18.0 Å². The first kappa shape index (κ1) is 25.4. The van der Waals surface area contributed by atoms with Gasteiger partial charge in [0.05, 0.1) is 4.90 Å². The highest BCUT2D eigenvalue weighted by molar-refractivity contribution is 7.89. The van der Waals surface area contributed by atoms with Crippen LogP contribution in [0.1, 0.15) is 23.1 Å². The molecule has 0 bridgehead atoms. The first-order chi connectivity index (χ1) is 17.2. The summed E-state index contributed by atoms with van der Waals surface area (Å²) in [6, 6.07) is 20.6. The zero-order valence-corrected chi connectivity index (χ0v) is 21.1. The van der Waals surface area contributed by atoms with Crippen LogP contribution in [0.15, 0.2) is 77.7 Å². The molecule has 1 atom stereocenters. The number of fused-ring (bicyclic) bond motifs is 1. The number of hydrogen-bond acceptors (Lipinski definition) is 5. The Morgan fingerprint density at radius 2 is 1.69 bits per heavy atom. The fourth-order valence-electron chi connectivity index (χ4n) is 4.04. The van der Waals surface area contributed by atoms with Gasteiger partial charge in [0.15, 0.2) is 0 Å². The van der Waals surface area contributed by atoms with Gasteiger partial charge in [-0.15, -0.1) is 0 Å². The summed E-state index contributed by atoms with van der Waals surface area (Å²) in [7, 11) is -0.0907. The molecule has 0 fully saturated rings. The van der Waals surface area contributed by atoms with Crippen LogP contribution < -0.4 is 20.3 Å². The van der Waals surface area contributed by atoms with Gasteiger partial charge >= 0.3 is 0 Å². The van der Waals surface area contributed by atoms with Gasteiger partial charge in [-0.2, -0.15) is 4.72 Å². The highest BCUT2D eigenvalue weighted by atomic mass is 32.2. The Bertz CT molecular complexity index is 1340. The zero-order chi connectivity index (χ0) is 25.7. The van der Waals surface area contributed by atoms with Crippen LogP contribution in [0.3, 0.4) is 0 Å². The van der Waals surface area contributed by atoms with Gasteiger partial charge in [-0.1, -0.05) is 42.5 Å². The summed E-state index contributed by atoms with van der Waals surface area (Å²) in [5.41, 5.74) is 4.16. The van der Waals surface area contributed by atoms with E-state index in [2.05, 4.69) is 15.4 Å². The maximum Gasteiger partial charge on any atom is 0.241 e. The van der Waals surface area contributed by atoms with Crippen LogP contribution >= 0.6 is 0 Å². The van der Waals surface area contributed by atoms with Crippen LogP contribution in [0.5, 0.6) is 0 Å². The molecule has 9 heteroatoms. The maximum atomic E-state index is 13.3. The molecule has 0 radical (unpaired) electrons. The maximum absolute atomic E-state index is 13.3. The minimum atomic E-state index is -4.00. The van der Waals surface area contributed by atoms with Crippen molar-refractivity contribution in [1.82, 2.24) is 10.0 Å². The van der Waals surface area contributed by atoms with Crippen LogP contribution in [-0.4, -0.2) is 40.4 Å². The van der Waals surface area contributed by atoms with Gasteiger partial charge < -0.3 is 15.5 Å². The molecular formula is C27H30N4O4S. The van der Waals surface area contributed by atoms with Gasteiger partial charge in [0.1, 0.15) is 6.04 Å². The highest BCUT2D eigenvalue weighted by Gasteiger charge is 2.27. The number of carbonyl (C=O) groups is 2. The number of amides is 2. The smallest absolute Gasteiger partial charge is 0.241 e. The molecule has 0 aliphatic carbocycles. The van der Waals surface area contributed by atoms with Crippen molar-refractivity contribution >= 4 is 33.2 Å². The Hall–Kier alpha value is -3.69. The summed E-state index contributed by atoms with van der Waals surface area (Å²) in [5.74, 6) is -0.503. The summed E-state index contributed by atoms with van der Waals surface area (Å²) >= 11 is 0. The molecular weight excluding hydrogens is 476 g/mol. The van der Waals surface area contributed by atoms with Gasteiger partial charge in [-0.3, -0.25) is 9.59 Å². The summed E-state index contributed by atoms with van der Waals surface area (Å²) in [6.45, 7) is 0.276. The Balaban J connectivity index is 1.51. The van der Waals surface area contributed by atoms with Crippen molar-refractivity contribution in [1.29, 1.82) is 0 Å². The standard InChI is InChI=1S/C27H30N4O4S/c1-31(2)22-11-8-20(9-12-22)18-28-27(33)25(16-19-6-4-3-5-7-19)30-36(34,35)23-13-14-24-21(17-23)10-15-26(32)29-24/h3-9,11-14,17,25,30H,10,15-16,18H2,1-2H3,(H,28,33)(H,29,32). The number of anilines is 2. The molecule has 0 spiro atoms. The van der Waals surface area contributed by atoms with E-state index in [4.69, 9.17) is 0 Å². The first-order valence-electron chi connectivity index (χ1n) is 11.7. The molecule has 3 aromatic rings. The number of rotatable bonds is 9. The molecule has 0 saturated carbocycles. The van der Waals surface area contributed by atoms with E-state index < -0.39 is 22.0 Å². The lowest BCUT2D eigenvalue weighted by Crippen LogP contribution is -2.47. The van der Waals surface area contributed by atoms with Gasteiger partial charge in [0.2, 0.25) is 21.8 Å². The number of nitrogens with one attached hydrogen (secondary N) is 3. The number of nitrogens with zero attached hydrogens (tertiary/aromatic N) is 1. The van der Waals surface area contributed by atoms with Crippen molar-refractivity contribution in [2.45, 2.75) is 36.7 Å². The molecule has 3 aromatic carbocycles. The number of carbonyl (C=O) groups excluding carboxylic acids is 2. The zero-order valence-electron chi connectivity index (χ0n) is 20.3. The molecule has 3 N–H and O–H groups in total. The lowest BCUT2D eigenvalue weighted by atomic mass is 10.0. The Labute approximate surface area is 211 Å². The largest absolute Gasteiger partial charge is 0.378 e. The topological polar surface area (TPSA) is 108 Å². The highest BCUT2D eigenvalue weighted by Crippen LogP contribution is 2.25. The summed E-state index contributed by atoms with van der Waals surface area (Å²) in [6.07, 6.45) is 0.968. The molecule has 0 saturated heterocycles. The average Bonchev–Trinajstić information content (AvgIpc) is 2.87. The molecule has 8 nitrogen and oxygen atoms in total. The summed E-state index contributed by atoms with van der Waals surface area (Å²) in [4.78, 5) is 26.8. The fraction of sp³-hybridized carbons (Fsp3) is 0.259. The molecule has 1 heterocycles. The fourth-order valence-corrected chi connectivity index (χ4v) is 5.29. The van der Waals surface area contributed by atoms with E-state index in [-0.39, 0.29) is 23.8 Å². The Kier molecular flexibility index (Phi) is 7.71. The lowest BCUT2D eigenvalue weighted by molar-refractivity contribution is -0.123. The second-order valence-electron chi connectivity index (χ2n) is 9.01. The number of aryl methyl sites for hydroxylation is 1. The molecule has 1 aliphatic heterocycles. The van der Waals surface area contributed by atoms with E-state index in [1.807, 2.05) is 73.6 Å². The van der Waals surface area contributed by atoms with Crippen LogP contribution in [0.4, 0.5) is 11.4 Å². The Morgan fingerprint density at radius 3 is 2.39 bits per heavy atom. The third-order valence-corrected chi connectivity index (χ3v) is 7.57. The van der Waals surface area contributed by atoms with Gasteiger partial charge in [-0.05, 0) is 59.9 Å². The molecule has 1 unspecified atom stereocenters. The number of hydrogen-bond donors (Lipinski definition) is 3. The second-order valence-corrected chi connectivity index (χ2v) is 10.7. The van der Waals surface area contributed by atoms with Crippen LogP contribution in [0.2, 0.25) is 0 Å². The van der Waals surface area contributed by atoms with Gasteiger partial charge in [-0.25, -0.2) is 8.42 Å². The van der Waals surface area contributed by atoms with E-state index >= 15 is 0 Å². The van der Waals surface area contributed by atoms with E-state index in [1.165, 1.54) is 6.07 Å². The van der Waals surface area contributed by atoms with Gasteiger partial charge in [0, 0.05) is 38.4 Å². The summed E-state index contributed by atoms with van der Waals surface area (Å²) in [5, 5.41) is 5.62. The SMILES string of the molecule is CN(C)c1ccc(CNC(=O)C(Cc2ccccc2)NS(=O)(=O)c2ccc3c(c2)CCC(=O)N3)cc1. The van der Waals surface area contributed by atoms with Crippen LogP contribution in [0, 0.1) is 0 Å². The summed E-state index contributed by atoms with van der Waals surface area (Å²) < 4.78 is 29.2. The van der Waals surface area contributed by atoms with E-state index in [1.54, 1.807) is 12.1 Å². The number of sulfonamides is 1. The Morgan fingerprint density at radius 1 is 0.972 bits per heavy atom. The van der Waals surface area contributed by atoms with Crippen molar-refractivity contribution in [3.63, 3.8) is 0 Å². The predicted octanol–water partition coefficient (Wildman–Crippen LogP) is 2.84. The molecule has 2 amide bonds. The molecule has 1 aliphatic rings. The molecule has 36 heavy (non-hydrogen) atoms. The van der Waals surface area contributed by atoms with E-state index in [0.29, 0.717) is 18.5 Å². The monoisotopic (exact) mass is 506 g/mol. The predicted molar refractivity (Wildman–Crippen MR) is 140 cm³/mol. The third-order valence-electron chi connectivity index (χ3n) is 6.10. The van der Waals surface area contributed by atoms with Gasteiger partial charge in [0.25, 0.3) is 0 Å². The van der Waals surface area contributed by atoms with Crippen LogP contribution in [-0.2, 0) is 39.0 Å². The minimum Gasteiger partial charge on any atom is -0.378 e. The van der Waals surface area contributed by atoms with Crippen molar-refractivity contribution in [2.24, 2.45) is 0 Å². The van der Waals surface area contributed by atoms with E-state index in [0.717, 1.165) is 22.4 Å². The average molecular weight is 507 g/mol. The van der Waals surface area contributed by atoms with Crippen molar-refractivity contribution in [2.75, 3.05) is 24.3 Å². The second kappa shape index (κ2) is 10.9. The normalized spacial score (nSPS) is 13.9. The molecule has 0 aromatic heterocycles. The van der Waals surface area contributed by atoms with Crippen molar-refractivity contribution in [3.05, 3.63) is 89.5 Å². The number of benzene rings is 3. The molecule has 4 rings (SSSR count). The van der Waals surface area contributed by atoms with Crippen LogP contribution in [0.25, 0.3) is 0 Å². The van der Waals surface area contributed by atoms with Crippen molar-refractivity contribution in [3.8, 4) is 0 Å².